The van der Waals surface area contributed by atoms with E-state index in [-0.39, 0.29) is 11.9 Å². The summed E-state index contributed by atoms with van der Waals surface area (Å²) in [5.74, 6) is 7.54. The summed E-state index contributed by atoms with van der Waals surface area (Å²) in [6.07, 6.45) is 5.48. The van der Waals surface area contributed by atoms with Crippen molar-refractivity contribution >= 4 is 23.2 Å². The number of nitrogens with zero attached hydrogens (tertiary/aromatic N) is 5. The summed E-state index contributed by atoms with van der Waals surface area (Å²) in [4.78, 5) is 28.4. The Hall–Kier alpha value is -4.22. The Bertz CT molecular complexity index is 1380. The molecule has 1 atom stereocenters. The summed E-state index contributed by atoms with van der Waals surface area (Å²) in [5, 5.41) is 2.80. The number of hydrogen-bond acceptors (Lipinski definition) is 6. The van der Waals surface area contributed by atoms with Crippen LogP contribution in [0.3, 0.4) is 0 Å². The predicted octanol–water partition coefficient (Wildman–Crippen LogP) is 3.79. The van der Waals surface area contributed by atoms with E-state index < -0.39 is 0 Å². The van der Waals surface area contributed by atoms with Gasteiger partial charge in [-0.2, -0.15) is 0 Å². The molecule has 4 aromatic rings. The summed E-state index contributed by atoms with van der Waals surface area (Å²) in [5.41, 5.74) is 9.60. The molecular formula is C26H25N7O. The predicted molar refractivity (Wildman–Crippen MR) is 132 cm³/mol. The van der Waals surface area contributed by atoms with Crippen molar-refractivity contribution in [3.05, 3.63) is 72.2 Å². The summed E-state index contributed by atoms with van der Waals surface area (Å²) in [7, 11) is 0. The van der Waals surface area contributed by atoms with Crippen LogP contribution in [-0.4, -0.2) is 43.2 Å². The second kappa shape index (κ2) is 9.33. The lowest BCUT2D eigenvalue weighted by Gasteiger charge is -2.20. The minimum atomic E-state index is -0.223. The summed E-state index contributed by atoms with van der Waals surface area (Å²) >= 11 is 0. The molecule has 0 bridgehead atoms. The van der Waals surface area contributed by atoms with Gasteiger partial charge in [0.2, 0.25) is 5.95 Å². The number of carbonyl (C=O) groups is 1. The van der Waals surface area contributed by atoms with Crippen LogP contribution in [-0.2, 0) is 0 Å². The monoisotopic (exact) mass is 451 g/mol. The minimum Gasteiger partial charge on any atom is -0.369 e. The van der Waals surface area contributed by atoms with Gasteiger partial charge in [-0.15, -0.1) is 5.92 Å². The van der Waals surface area contributed by atoms with Crippen LogP contribution < -0.4 is 11.1 Å². The highest BCUT2D eigenvalue weighted by molar-refractivity contribution is 6.04. The molecule has 1 amide bonds. The Labute approximate surface area is 197 Å². The lowest BCUT2D eigenvalue weighted by atomic mass is 10.1. The third-order valence-corrected chi connectivity index (χ3v) is 6.06. The number of nitrogens with one attached hydrogen (secondary N) is 1. The maximum atomic E-state index is 12.6. The number of fused-ring (bicyclic) bond motifs is 1. The van der Waals surface area contributed by atoms with Crippen molar-refractivity contribution in [1.29, 1.82) is 0 Å². The van der Waals surface area contributed by atoms with Gasteiger partial charge in [-0.05, 0) is 56.6 Å². The highest BCUT2D eigenvalue weighted by atomic mass is 16.1. The zero-order valence-electron chi connectivity index (χ0n) is 18.9. The molecule has 0 unspecified atom stereocenters. The van der Waals surface area contributed by atoms with Crippen LogP contribution in [0.5, 0.6) is 0 Å². The van der Waals surface area contributed by atoms with Gasteiger partial charge in [-0.25, -0.2) is 15.0 Å². The number of likely N-dealkylation sites (tertiary alicyclic amines) is 1. The van der Waals surface area contributed by atoms with Crippen molar-refractivity contribution in [3.63, 3.8) is 0 Å². The van der Waals surface area contributed by atoms with E-state index in [0.717, 1.165) is 42.7 Å². The van der Waals surface area contributed by atoms with Crippen LogP contribution in [0.15, 0.2) is 60.9 Å². The second-order valence-electron chi connectivity index (χ2n) is 8.15. The van der Waals surface area contributed by atoms with Crippen molar-refractivity contribution in [3.8, 4) is 23.2 Å². The fraction of sp³-hybridized carbons (Fsp3) is 0.231. The molecule has 8 nitrogen and oxygen atoms in total. The number of pyridine rings is 1. The Balaban J connectivity index is 1.49. The van der Waals surface area contributed by atoms with Gasteiger partial charge in [-0.3, -0.25) is 14.1 Å². The van der Waals surface area contributed by atoms with Crippen LogP contribution >= 0.6 is 0 Å². The normalized spacial score (nSPS) is 15.7. The van der Waals surface area contributed by atoms with Crippen LogP contribution in [0.25, 0.3) is 16.9 Å². The largest absolute Gasteiger partial charge is 0.369 e. The Kier molecular flexibility index (Phi) is 5.93. The van der Waals surface area contributed by atoms with Gasteiger partial charge in [0.25, 0.3) is 5.91 Å². The first-order valence-electron chi connectivity index (χ1n) is 11.2. The third-order valence-electron chi connectivity index (χ3n) is 6.06. The molecule has 5 rings (SSSR count). The summed E-state index contributed by atoms with van der Waals surface area (Å²) < 4.78 is 1.89. The number of imidazole rings is 1. The molecule has 1 aromatic carbocycles. The van der Waals surface area contributed by atoms with E-state index in [4.69, 9.17) is 10.7 Å². The zero-order chi connectivity index (χ0) is 23.5. The molecule has 4 heterocycles. The van der Waals surface area contributed by atoms with Gasteiger partial charge < -0.3 is 11.1 Å². The van der Waals surface area contributed by atoms with Gasteiger partial charge in [0.15, 0.2) is 0 Å². The van der Waals surface area contributed by atoms with E-state index >= 15 is 0 Å². The molecule has 8 heteroatoms. The van der Waals surface area contributed by atoms with Gasteiger partial charge >= 0.3 is 0 Å². The molecule has 3 aromatic heterocycles. The smallest absolute Gasteiger partial charge is 0.256 e. The third kappa shape index (κ3) is 4.09. The van der Waals surface area contributed by atoms with E-state index in [1.807, 2.05) is 35.6 Å². The first-order chi connectivity index (χ1) is 16.7. The van der Waals surface area contributed by atoms with Gasteiger partial charge in [-0.1, -0.05) is 24.1 Å². The minimum absolute atomic E-state index is 0.176. The second-order valence-corrected chi connectivity index (χ2v) is 8.15. The molecule has 1 aliphatic rings. The lowest BCUT2D eigenvalue weighted by Crippen LogP contribution is -2.24. The molecule has 0 aliphatic carbocycles. The number of nitrogen functional groups attached to an aromatic ring is 1. The molecule has 0 spiro atoms. The lowest BCUT2D eigenvalue weighted by molar-refractivity contribution is 0.102. The number of benzene rings is 1. The Morgan fingerprint density at radius 3 is 2.76 bits per heavy atom. The zero-order valence-corrected chi connectivity index (χ0v) is 18.9. The van der Waals surface area contributed by atoms with Gasteiger partial charge in [0.1, 0.15) is 11.6 Å². The van der Waals surface area contributed by atoms with E-state index in [9.17, 15) is 4.79 Å². The first kappa shape index (κ1) is 21.6. The number of aromatic nitrogens is 4. The van der Waals surface area contributed by atoms with Crippen molar-refractivity contribution in [1.82, 2.24) is 24.3 Å². The number of carbonyl (C=O) groups excluding carboxylic acids is 1. The molecule has 1 aliphatic heterocycles. The fourth-order valence-electron chi connectivity index (χ4n) is 4.42. The standard InChI is InChI=1S/C26H25N7O/c1-2-3-16-32-17-6-7-20(32)23-21-13-15-29-26(27)33(21)24(31-23)18-9-11-19(12-10-18)25(34)30-22-8-4-5-14-28-22/h4-5,8-15,20H,6-7,16-17H2,1H3,(H2,27,29)(H,28,30,34)/t20-/m1/s1. The number of anilines is 2. The molecule has 0 saturated carbocycles. The van der Waals surface area contributed by atoms with Crippen LogP contribution in [0, 0.1) is 11.8 Å². The number of amides is 1. The Morgan fingerprint density at radius 2 is 2.00 bits per heavy atom. The van der Waals surface area contributed by atoms with Crippen molar-refractivity contribution in [2.75, 3.05) is 24.1 Å². The molecule has 1 saturated heterocycles. The number of nitrogens with two attached hydrogens (primary N) is 1. The molecule has 170 valence electrons. The van der Waals surface area contributed by atoms with Crippen molar-refractivity contribution < 1.29 is 4.79 Å². The highest BCUT2D eigenvalue weighted by Gasteiger charge is 2.30. The summed E-state index contributed by atoms with van der Waals surface area (Å²) in [6, 6.07) is 14.8. The SMILES string of the molecule is CC#CCN1CCC[C@@H]1c1nc(-c2ccc(C(=O)Nc3ccccn3)cc2)n2c(N)nccc12. The quantitative estimate of drug-likeness (QED) is 0.448. The maximum Gasteiger partial charge on any atom is 0.256 e. The Morgan fingerprint density at radius 1 is 1.15 bits per heavy atom. The topological polar surface area (TPSA) is 101 Å². The van der Waals surface area contributed by atoms with E-state index in [0.29, 0.717) is 23.2 Å². The number of rotatable bonds is 5. The molecular weight excluding hydrogens is 426 g/mol. The highest BCUT2D eigenvalue weighted by Crippen LogP contribution is 2.36. The van der Waals surface area contributed by atoms with E-state index in [1.165, 1.54) is 0 Å². The van der Waals surface area contributed by atoms with Crippen LogP contribution in [0.2, 0.25) is 0 Å². The summed E-state index contributed by atoms with van der Waals surface area (Å²) in [6.45, 7) is 3.58. The molecule has 3 N–H and O–H groups in total. The molecule has 34 heavy (non-hydrogen) atoms. The van der Waals surface area contributed by atoms with Gasteiger partial charge in [0, 0.05) is 23.5 Å². The van der Waals surface area contributed by atoms with Crippen molar-refractivity contribution in [2.45, 2.75) is 25.8 Å². The van der Waals surface area contributed by atoms with Crippen molar-refractivity contribution in [2.24, 2.45) is 0 Å². The maximum absolute atomic E-state index is 12.6. The average Bonchev–Trinajstić information content (AvgIpc) is 3.48. The van der Waals surface area contributed by atoms with Crippen LogP contribution in [0.4, 0.5) is 11.8 Å². The van der Waals surface area contributed by atoms with E-state index in [2.05, 4.69) is 32.0 Å². The average molecular weight is 452 g/mol. The number of hydrogen-bond donors (Lipinski definition) is 2. The molecule has 1 fully saturated rings. The fourth-order valence-corrected chi connectivity index (χ4v) is 4.42. The van der Waals surface area contributed by atoms with E-state index in [1.54, 1.807) is 36.7 Å². The first-order valence-corrected chi connectivity index (χ1v) is 11.2. The van der Waals surface area contributed by atoms with Crippen LogP contribution in [0.1, 0.15) is 41.9 Å². The van der Waals surface area contributed by atoms with Gasteiger partial charge in [0.05, 0.1) is 23.8 Å². The molecule has 0 radical (unpaired) electrons.